The van der Waals surface area contributed by atoms with Gasteiger partial charge in [-0.1, -0.05) is 40.2 Å². The minimum atomic E-state index is -2.92. The number of aliphatic hydroxyl groups is 1. The highest BCUT2D eigenvalue weighted by molar-refractivity contribution is 9.10. The molecule has 27 heavy (non-hydrogen) atoms. The lowest BCUT2D eigenvalue weighted by Crippen LogP contribution is -2.15. The Morgan fingerprint density at radius 3 is 2.78 bits per heavy atom. The highest BCUT2D eigenvalue weighted by Gasteiger charge is 2.29. The quantitative estimate of drug-likeness (QED) is 0.647. The molecule has 142 valence electrons. The van der Waals surface area contributed by atoms with Crippen LogP contribution in [-0.2, 0) is 22.8 Å². The van der Waals surface area contributed by atoms with Crippen LogP contribution in [0.2, 0.25) is 0 Å². The average molecular weight is 449 g/mol. The van der Waals surface area contributed by atoms with Crippen LogP contribution in [-0.4, -0.2) is 34.6 Å². The van der Waals surface area contributed by atoms with Gasteiger partial charge >= 0.3 is 0 Å². The lowest BCUT2D eigenvalue weighted by atomic mass is 10.0. The molecule has 2 heterocycles. The summed E-state index contributed by atoms with van der Waals surface area (Å²) in [6.07, 6.45) is 0.616. The molecule has 4 rings (SSSR count). The van der Waals surface area contributed by atoms with E-state index >= 15 is 0 Å². The maximum Gasteiger partial charge on any atom is 0.150 e. The summed E-state index contributed by atoms with van der Waals surface area (Å²) in [4.78, 5) is 4.74. The number of rotatable bonds is 5. The summed E-state index contributed by atoms with van der Waals surface area (Å²) in [5, 5.41) is 10.8. The number of aromatic nitrogens is 2. The fraction of sp³-hybridized carbons (Fsp3) is 0.350. The smallest absolute Gasteiger partial charge is 0.150 e. The second kappa shape index (κ2) is 7.37. The Bertz CT molecular complexity index is 1080. The van der Waals surface area contributed by atoms with Crippen LogP contribution >= 0.6 is 15.9 Å². The Hall–Kier alpha value is -1.70. The first-order valence-corrected chi connectivity index (χ1v) is 11.6. The maximum absolute atomic E-state index is 11.8. The van der Waals surface area contributed by atoms with E-state index in [0.717, 1.165) is 26.9 Å². The van der Waals surface area contributed by atoms with E-state index < -0.39 is 15.9 Å². The molecule has 5 nitrogen and oxygen atoms in total. The van der Waals surface area contributed by atoms with Gasteiger partial charge in [-0.15, -0.1) is 0 Å². The lowest BCUT2D eigenvalue weighted by Gasteiger charge is -2.16. The van der Waals surface area contributed by atoms with E-state index in [0.29, 0.717) is 19.4 Å². The summed E-state index contributed by atoms with van der Waals surface area (Å²) in [5.41, 5.74) is 2.66. The number of aliphatic hydroxyl groups excluding tert-OH is 1. The Kier molecular flexibility index (Phi) is 5.09. The second-order valence-corrected chi connectivity index (χ2v) is 10.3. The Morgan fingerprint density at radius 1 is 1.22 bits per heavy atom. The van der Waals surface area contributed by atoms with Gasteiger partial charge in [0, 0.05) is 10.9 Å². The summed E-state index contributed by atoms with van der Waals surface area (Å²) in [6.45, 7) is 0.381. The highest BCUT2D eigenvalue weighted by atomic mass is 79.9. The summed E-state index contributed by atoms with van der Waals surface area (Å²) < 4.78 is 26.6. The van der Waals surface area contributed by atoms with Crippen molar-refractivity contribution < 1.29 is 13.5 Å². The van der Waals surface area contributed by atoms with E-state index in [1.165, 1.54) is 0 Å². The summed E-state index contributed by atoms with van der Waals surface area (Å²) in [7, 11) is -2.92. The van der Waals surface area contributed by atoms with Crippen molar-refractivity contribution in [3.63, 3.8) is 0 Å². The molecule has 2 atom stereocenters. The molecule has 0 bridgehead atoms. The molecule has 0 unspecified atom stereocenters. The van der Waals surface area contributed by atoms with Gasteiger partial charge in [0.2, 0.25) is 0 Å². The molecular formula is C20H21BrN2O3S. The van der Waals surface area contributed by atoms with E-state index in [9.17, 15) is 13.5 Å². The number of sulfone groups is 1. The van der Waals surface area contributed by atoms with Gasteiger partial charge in [-0.2, -0.15) is 0 Å². The first-order chi connectivity index (χ1) is 12.9. The van der Waals surface area contributed by atoms with Crippen molar-refractivity contribution in [2.75, 3.05) is 11.5 Å². The van der Waals surface area contributed by atoms with Crippen molar-refractivity contribution in [2.45, 2.75) is 25.5 Å². The largest absolute Gasteiger partial charge is 0.387 e. The van der Waals surface area contributed by atoms with Crippen LogP contribution in [0.25, 0.3) is 11.0 Å². The van der Waals surface area contributed by atoms with Crippen molar-refractivity contribution in [2.24, 2.45) is 5.92 Å². The normalized spacial score (nSPS) is 20.1. The first-order valence-electron chi connectivity index (χ1n) is 8.99. The molecule has 2 aromatic carbocycles. The predicted octanol–water partition coefficient (Wildman–Crippen LogP) is 3.51. The average Bonchev–Trinajstić information content (AvgIpc) is 3.15. The van der Waals surface area contributed by atoms with Crippen LogP contribution in [0.3, 0.4) is 0 Å². The molecule has 7 heteroatoms. The van der Waals surface area contributed by atoms with Crippen LogP contribution in [0.1, 0.15) is 23.9 Å². The third-order valence-electron chi connectivity index (χ3n) is 5.12. The third kappa shape index (κ3) is 4.10. The van der Waals surface area contributed by atoms with Crippen LogP contribution in [0, 0.1) is 5.92 Å². The molecule has 1 saturated heterocycles. The van der Waals surface area contributed by atoms with Gasteiger partial charge in [-0.3, -0.25) is 0 Å². The molecule has 1 N–H and O–H groups in total. The van der Waals surface area contributed by atoms with Crippen molar-refractivity contribution >= 4 is 36.8 Å². The zero-order chi connectivity index (χ0) is 19.0. The number of para-hydroxylation sites is 2. The maximum atomic E-state index is 11.8. The lowest BCUT2D eigenvalue weighted by molar-refractivity contribution is 0.156. The summed E-state index contributed by atoms with van der Waals surface area (Å²) in [6, 6.07) is 15.5. The summed E-state index contributed by atoms with van der Waals surface area (Å²) in [5.74, 6) is 1.42. The van der Waals surface area contributed by atoms with Crippen LogP contribution in [0.5, 0.6) is 0 Å². The molecule has 0 saturated carbocycles. The first kappa shape index (κ1) is 18.7. The van der Waals surface area contributed by atoms with Gasteiger partial charge in [0.05, 0.1) is 35.2 Å². The van der Waals surface area contributed by atoms with Crippen molar-refractivity contribution in [3.05, 3.63) is 64.4 Å². The van der Waals surface area contributed by atoms with E-state index in [1.807, 2.05) is 53.1 Å². The highest BCUT2D eigenvalue weighted by Crippen LogP contribution is 2.27. The van der Waals surface area contributed by atoms with Gasteiger partial charge in [0.25, 0.3) is 0 Å². The molecule has 0 spiro atoms. The van der Waals surface area contributed by atoms with E-state index in [-0.39, 0.29) is 17.4 Å². The van der Waals surface area contributed by atoms with Gasteiger partial charge in [-0.05, 0) is 42.2 Å². The number of benzene rings is 2. The van der Waals surface area contributed by atoms with E-state index in [4.69, 9.17) is 4.98 Å². The number of fused-ring (bicyclic) bond motifs is 1. The van der Waals surface area contributed by atoms with Crippen LogP contribution in [0.15, 0.2) is 53.0 Å². The number of halogens is 1. The molecule has 1 aromatic heterocycles. The van der Waals surface area contributed by atoms with Gasteiger partial charge in [0.1, 0.15) is 5.82 Å². The minimum absolute atomic E-state index is 0.0913. The molecular weight excluding hydrogens is 428 g/mol. The van der Waals surface area contributed by atoms with Crippen molar-refractivity contribution in [1.29, 1.82) is 0 Å². The van der Waals surface area contributed by atoms with Crippen LogP contribution in [0.4, 0.5) is 0 Å². The molecule has 0 radical (unpaired) electrons. The molecule has 0 amide bonds. The van der Waals surface area contributed by atoms with Gasteiger partial charge in [-0.25, -0.2) is 13.4 Å². The van der Waals surface area contributed by atoms with Gasteiger partial charge < -0.3 is 9.67 Å². The Morgan fingerprint density at radius 2 is 2.04 bits per heavy atom. The van der Waals surface area contributed by atoms with Crippen molar-refractivity contribution in [3.8, 4) is 0 Å². The monoisotopic (exact) mass is 448 g/mol. The zero-order valence-corrected chi connectivity index (χ0v) is 17.2. The van der Waals surface area contributed by atoms with Crippen LogP contribution < -0.4 is 0 Å². The Balaban J connectivity index is 1.66. The molecule has 1 fully saturated rings. The van der Waals surface area contributed by atoms with Crippen molar-refractivity contribution in [1.82, 2.24) is 9.55 Å². The molecule has 1 aliphatic heterocycles. The third-order valence-corrected chi connectivity index (χ3v) is 7.45. The topological polar surface area (TPSA) is 72.2 Å². The number of imidazole rings is 1. The number of hydrogen-bond acceptors (Lipinski definition) is 4. The second-order valence-electron chi connectivity index (χ2n) is 7.17. The standard InChI is InChI=1S/C20H21BrN2O3S/c21-16-5-3-4-15(11-16)19(24)12-23-18-7-2-1-6-17(18)22-20(23)10-14-8-9-27(25,26)13-14/h1-7,11,14,19,24H,8-10,12-13H2/t14-,19-/m1/s1. The Labute approximate surface area is 167 Å². The molecule has 1 aliphatic rings. The van der Waals surface area contributed by atoms with E-state index in [1.54, 1.807) is 0 Å². The zero-order valence-electron chi connectivity index (χ0n) is 14.8. The molecule has 0 aliphatic carbocycles. The van der Waals surface area contributed by atoms with E-state index in [2.05, 4.69) is 15.9 Å². The fourth-order valence-electron chi connectivity index (χ4n) is 3.77. The minimum Gasteiger partial charge on any atom is -0.387 e. The SMILES string of the molecule is O=S1(=O)CC[C@H](Cc2nc3ccccc3n2C[C@@H](O)c2cccc(Br)c2)C1. The number of hydrogen-bond donors (Lipinski definition) is 1. The predicted molar refractivity (Wildman–Crippen MR) is 109 cm³/mol. The number of nitrogens with zero attached hydrogens (tertiary/aromatic N) is 2. The molecule has 3 aromatic rings. The fourth-order valence-corrected chi connectivity index (χ4v) is 6.05. The van der Waals surface area contributed by atoms with Gasteiger partial charge in [0.15, 0.2) is 9.84 Å². The summed E-state index contributed by atoms with van der Waals surface area (Å²) >= 11 is 3.44.